The van der Waals surface area contributed by atoms with Crippen molar-refractivity contribution in [2.45, 2.75) is 50.4 Å². The van der Waals surface area contributed by atoms with E-state index in [0.717, 1.165) is 51.1 Å². The summed E-state index contributed by atoms with van der Waals surface area (Å²) in [6.07, 6.45) is 5.53. The average Bonchev–Trinajstić information content (AvgIpc) is 3.48. The first-order chi connectivity index (χ1) is 14.7. The van der Waals surface area contributed by atoms with Crippen molar-refractivity contribution in [3.63, 3.8) is 0 Å². The number of anilines is 1. The molecule has 2 aromatic carbocycles. The Balaban J connectivity index is 1.20. The molecule has 2 aromatic rings. The third kappa shape index (κ3) is 4.15. The van der Waals surface area contributed by atoms with Gasteiger partial charge in [-0.2, -0.15) is 0 Å². The zero-order chi connectivity index (χ0) is 20.4. The predicted molar refractivity (Wildman–Crippen MR) is 116 cm³/mol. The highest BCUT2D eigenvalue weighted by Crippen LogP contribution is 2.37. The fourth-order valence-electron chi connectivity index (χ4n) is 5.19. The topological polar surface area (TPSA) is 50.8 Å². The number of carbonyl (C=O) groups excluding carboxylic acids is 1. The molecule has 2 heterocycles. The molecule has 0 saturated carbocycles. The number of ether oxygens (including phenoxy) is 2. The molecule has 1 aliphatic carbocycles. The summed E-state index contributed by atoms with van der Waals surface area (Å²) in [4.78, 5) is 14.9. The van der Waals surface area contributed by atoms with Crippen molar-refractivity contribution in [1.29, 1.82) is 0 Å². The van der Waals surface area contributed by atoms with Gasteiger partial charge in [-0.1, -0.05) is 36.4 Å². The van der Waals surface area contributed by atoms with Crippen molar-refractivity contribution >= 4 is 11.6 Å². The van der Waals surface area contributed by atoms with Gasteiger partial charge in [-0.25, -0.2) is 0 Å². The molecule has 158 valence electrons. The third-order valence-corrected chi connectivity index (χ3v) is 6.68. The van der Waals surface area contributed by atoms with E-state index in [1.54, 1.807) is 0 Å². The normalized spacial score (nSPS) is 25.7. The van der Waals surface area contributed by atoms with Gasteiger partial charge in [0.05, 0.1) is 13.2 Å². The molecule has 5 rings (SSSR count). The lowest BCUT2D eigenvalue weighted by molar-refractivity contribution is -0.117. The Bertz CT molecular complexity index is 893. The van der Waals surface area contributed by atoms with Crippen molar-refractivity contribution in [3.8, 4) is 0 Å². The molecular weight excluding hydrogens is 376 g/mol. The summed E-state index contributed by atoms with van der Waals surface area (Å²) >= 11 is 0. The van der Waals surface area contributed by atoms with E-state index in [1.165, 1.54) is 23.1 Å². The highest BCUT2D eigenvalue weighted by atomic mass is 16.6. The molecular formula is C25H30N2O3. The summed E-state index contributed by atoms with van der Waals surface area (Å²) in [5.41, 5.74) is 4.60. The molecule has 0 aromatic heterocycles. The van der Waals surface area contributed by atoms with Crippen LogP contribution < -0.4 is 5.32 Å². The first-order valence-electron chi connectivity index (χ1n) is 11.1. The smallest absolute Gasteiger partial charge is 0.238 e. The molecule has 0 bridgehead atoms. The number of hydrogen-bond acceptors (Lipinski definition) is 4. The Hall–Kier alpha value is -2.21. The van der Waals surface area contributed by atoms with Crippen molar-refractivity contribution < 1.29 is 14.3 Å². The van der Waals surface area contributed by atoms with E-state index in [1.807, 2.05) is 24.3 Å². The van der Waals surface area contributed by atoms with E-state index in [9.17, 15) is 4.79 Å². The van der Waals surface area contributed by atoms with E-state index in [-0.39, 0.29) is 17.6 Å². The molecule has 1 spiro atoms. The van der Waals surface area contributed by atoms with E-state index in [4.69, 9.17) is 9.47 Å². The number of amides is 1. The zero-order valence-electron chi connectivity index (χ0n) is 17.4. The molecule has 1 amide bonds. The zero-order valence-corrected chi connectivity index (χ0v) is 17.4. The van der Waals surface area contributed by atoms with Crippen molar-refractivity contribution in [2.24, 2.45) is 0 Å². The van der Waals surface area contributed by atoms with Crippen LogP contribution in [0.5, 0.6) is 0 Å². The second kappa shape index (κ2) is 8.50. The van der Waals surface area contributed by atoms with Gasteiger partial charge in [0.25, 0.3) is 0 Å². The van der Waals surface area contributed by atoms with Crippen LogP contribution in [0.25, 0.3) is 0 Å². The van der Waals surface area contributed by atoms with Crippen molar-refractivity contribution in [1.82, 2.24) is 4.90 Å². The summed E-state index contributed by atoms with van der Waals surface area (Å²) < 4.78 is 12.5. The van der Waals surface area contributed by atoms with E-state index >= 15 is 0 Å². The Morgan fingerprint density at radius 1 is 1.13 bits per heavy atom. The lowest BCUT2D eigenvalue weighted by Crippen LogP contribution is -2.42. The molecule has 2 fully saturated rings. The van der Waals surface area contributed by atoms with E-state index < -0.39 is 0 Å². The predicted octanol–water partition coefficient (Wildman–Crippen LogP) is 3.56. The van der Waals surface area contributed by atoms with Gasteiger partial charge in [-0.15, -0.1) is 0 Å². The molecule has 5 heteroatoms. The van der Waals surface area contributed by atoms with Gasteiger partial charge in [-0.3, -0.25) is 9.69 Å². The maximum atomic E-state index is 12.7. The van der Waals surface area contributed by atoms with E-state index in [0.29, 0.717) is 13.2 Å². The van der Waals surface area contributed by atoms with Crippen LogP contribution in [0.4, 0.5) is 5.69 Å². The minimum absolute atomic E-state index is 0.00648. The fourth-order valence-corrected chi connectivity index (χ4v) is 5.19. The number of nitrogens with zero attached hydrogens (tertiary/aromatic N) is 1. The Morgan fingerprint density at radius 2 is 2.00 bits per heavy atom. The number of hydrogen-bond donors (Lipinski definition) is 1. The van der Waals surface area contributed by atoms with Gasteiger partial charge in [0.1, 0.15) is 11.7 Å². The average molecular weight is 407 g/mol. The van der Waals surface area contributed by atoms with Crippen LogP contribution >= 0.6 is 0 Å². The van der Waals surface area contributed by atoms with Crippen LogP contribution in [0.15, 0.2) is 48.5 Å². The largest absolute Gasteiger partial charge is 0.371 e. The van der Waals surface area contributed by atoms with Gasteiger partial charge in [-0.05, 0) is 60.9 Å². The SMILES string of the molecule is O=C(CN1C[C@H](OCc2ccccc2)[C@]2(CCCO2)C1)Nc1ccc2c(c1)CCC2. The highest BCUT2D eigenvalue weighted by molar-refractivity contribution is 5.92. The van der Waals surface area contributed by atoms with Gasteiger partial charge < -0.3 is 14.8 Å². The molecule has 5 nitrogen and oxygen atoms in total. The molecule has 0 radical (unpaired) electrons. The van der Waals surface area contributed by atoms with E-state index in [2.05, 4.69) is 34.5 Å². The summed E-state index contributed by atoms with van der Waals surface area (Å²) in [6.45, 7) is 3.20. The third-order valence-electron chi connectivity index (χ3n) is 6.68. The second-order valence-corrected chi connectivity index (χ2v) is 8.86. The first kappa shape index (κ1) is 19.7. The number of fused-ring (bicyclic) bond motifs is 1. The number of rotatable bonds is 6. The molecule has 2 saturated heterocycles. The monoisotopic (exact) mass is 406 g/mol. The van der Waals surface area contributed by atoms with Crippen molar-refractivity contribution in [3.05, 3.63) is 65.2 Å². The van der Waals surface area contributed by atoms with Crippen LogP contribution in [-0.4, -0.2) is 48.8 Å². The summed E-state index contributed by atoms with van der Waals surface area (Å²) in [5.74, 6) is 0.0322. The number of aryl methyl sites for hydroxylation is 2. The Labute approximate surface area is 178 Å². The molecule has 3 aliphatic rings. The highest BCUT2D eigenvalue weighted by Gasteiger charge is 2.50. The summed E-state index contributed by atoms with van der Waals surface area (Å²) in [5, 5.41) is 3.09. The summed E-state index contributed by atoms with van der Waals surface area (Å²) in [7, 11) is 0. The van der Waals surface area contributed by atoms with Crippen LogP contribution in [0.1, 0.15) is 36.0 Å². The van der Waals surface area contributed by atoms with Crippen molar-refractivity contribution in [2.75, 3.05) is 31.6 Å². The molecule has 2 atom stereocenters. The maximum Gasteiger partial charge on any atom is 0.238 e. The second-order valence-electron chi connectivity index (χ2n) is 8.86. The lowest BCUT2D eigenvalue weighted by Gasteiger charge is -2.29. The molecule has 1 N–H and O–H groups in total. The standard InChI is InChI=1S/C25H30N2O3/c28-24(26-22-11-10-20-8-4-9-21(20)14-22)16-27-15-23(25(18-27)12-5-13-30-25)29-17-19-6-2-1-3-7-19/h1-3,6-7,10-11,14,23H,4-5,8-9,12-13,15-18H2,(H,26,28)/t23-,25-/m0/s1. The van der Waals surface area contributed by atoms with Gasteiger partial charge >= 0.3 is 0 Å². The van der Waals surface area contributed by atoms with Crippen LogP contribution in [0, 0.1) is 0 Å². The number of carbonyl (C=O) groups is 1. The van der Waals surface area contributed by atoms with Gasteiger partial charge in [0.15, 0.2) is 0 Å². The van der Waals surface area contributed by atoms with Crippen LogP contribution in [0.3, 0.4) is 0 Å². The molecule has 30 heavy (non-hydrogen) atoms. The minimum atomic E-state index is -0.275. The number of nitrogens with one attached hydrogen (secondary N) is 1. The van der Waals surface area contributed by atoms with Crippen LogP contribution in [-0.2, 0) is 33.7 Å². The Morgan fingerprint density at radius 3 is 2.83 bits per heavy atom. The quantitative estimate of drug-likeness (QED) is 0.797. The van der Waals surface area contributed by atoms with Gasteiger partial charge in [0, 0.05) is 25.4 Å². The van der Waals surface area contributed by atoms with Crippen LogP contribution in [0.2, 0.25) is 0 Å². The lowest BCUT2D eigenvalue weighted by atomic mass is 9.96. The first-order valence-corrected chi connectivity index (χ1v) is 11.1. The number of benzene rings is 2. The van der Waals surface area contributed by atoms with Gasteiger partial charge in [0.2, 0.25) is 5.91 Å². The molecule has 0 unspecified atom stereocenters. The molecule has 2 aliphatic heterocycles. The summed E-state index contributed by atoms with van der Waals surface area (Å²) in [6, 6.07) is 16.6. The minimum Gasteiger partial charge on any atom is -0.371 e. The number of likely N-dealkylation sites (tertiary alicyclic amines) is 1. The maximum absolute atomic E-state index is 12.7. The Kier molecular flexibility index (Phi) is 5.59. The fraction of sp³-hybridized carbons (Fsp3) is 0.480.